The Morgan fingerprint density at radius 2 is 2.22 bits per heavy atom. The maximum Gasteiger partial charge on any atom is 0.239 e. The van der Waals surface area contributed by atoms with E-state index in [2.05, 4.69) is 25.7 Å². The Morgan fingerprint density at radius 3 is 2.89 bits per heavy atom. The first kappa shape index (κ1) is 12.6. The van der Waals surface area contributed by atoms with Crippen LogP contribution in [0.15, 0.2) is 16.8 Å². The molecule has 2 aromatic heterocycles. The van der Waals surface area contributed by atoms with E-state index >= 15 is 0 Å². The fourth-order valence-corrected chi connectivity index (χ4v) is 1.47. The number of nitrogens with one attached hydrogen (secondary N) is 2. The third-order valence-corrected chi connectivity index (χ3v) is 2.51. The Balaban J connectivity index is 2.05. The minimum atomic E-state index is 0.281. The van der Waals surface area contributed by atoms with Crippen molar-refractivity contribution in [1.82, 2.24) is 15.0 Å². The van der Waals surface area contributed by atoms with E-state index in [9.17, 15) is 0 Å². The third kappa shape index (κ3) is 2.88. The minimum absolute atomic E-state index is 0.281. The van der Waals surface area contributed by atoms with Gasteiger partial charge in [-0.3, -0.25) is 5.43 Å². The number of hydrazine groups is 1. The van der Waals surface area contributed by atoms with Crippen LogP contribution in [0.2, 0.25) is 5.02 Å². The van der Waals surface area contributed by atoms with Crippen LogP contribution >= 0.6 is 11.6 Å². The van der Waals surface area contributed by atoms with E-state index in [1.54, 1.807) is 6.20 Å². The van der Waals surface area contributed by atoms with Gasteiger partial charge in [-0.2, -0.15) is 4.98 Å². The van der Waals surface area contributed by atoms with E-state index in [0.29, 0.717) is 23.3 Å². The first-order chi connectivity index (χ1) is 8.72. The fraction of sp³-hybridized carbons (Fsp3) is 0.300. The standard InChI is InChI=1S/C10H13ClN6O/c1-2-6-3-13-8(18-6)5-14-9-7(11)4-15-10(16-9)17-12/h3-4H,2,5,12H2,1H3,(H2,14,15,16,17). The number of aromatic nitrogens is 3. The van der Waals surface area contributed by atoms with Crippen molar-refractivity contribution in [3.05, 3.63) is 29.1 Å². The number of nitrogen functional groups attached to an aromatic ring is 1. The van der Waals surface area contributed by atoms with E-state index in [-0.39, 0.29) is 5.95 Å². The second-order valence-corrected chi connectivity index (χ2v) is 3.87. The summed E-state index contributed by atoms with van der Waals surface area (Å²) in [5, 5.41) is 3.41. The zero-order valence-electron chi connectivity index (χ0n) is 9.77. The van der Waals surface area contributed by atoms with Crippen LogP contribution in [0.1, 0.15) is 18.6 Å². The highest BCUT2D eigenvalue weighted by Crippen LogP contribution is 2.19. The van der Waals surface area contributed by atoms with Crippen LogP contribution in [0, 0.1) is 0 Å². The Morgan fingerprint density at radius 1 is 1.39 bits per heavy atom. The lowest BCUT2D eigenvalue weighted by molar-refractivity contribution is 0.465. The quantitative estimate of drug-likeness (QED) is 0.559. The van der Waals surface area contributed by atoms with Crippen LogP contribution in [-0.2, 0) is 13.0 Å². The van der Waals surface area contributed by atoms with Gasteiger partial charge in [0.15, 0.2) is 5.82 Å². The van der Waals surface area contributed by atoms with Gasteiger partial charge in [-0.1, -0.05) is 18.5 Å². The van der Waals surface area contributed by atoms with Crippen LogP contribution in [0.25, 0.3) is 0 Å². The largest absolute Gasteiger partial charge is 0.444 e. The lowest BCUT2D eigenvalue weighted by Gasteiger charge is -2.06. The lowest BCUT2D eigenvalue weighted by atomic mass is 10.4. The smallest absolute Gasteiger partial charge is 0.239 e. The molecule has 8 heteroatoms. The summed E-state index contributed by atoms with van der Waals surface area (Å²) in [6, 6.07) is 0. The topological polar surface area (TPSA) is 102 Å². The van der Waals surface area contributed by atoms with Gasteiger partial charge in [-0.25, -0.2) is 15.8 Å². The van der Waals surface area contributed by atoms with E-state index in [0.717, 1.165) is 12.2 Å². The second kappa shape index (κ2) is 5.65. The summed E-state index contributed by atoms with van der Waals surface area (Å²) in [7, 11) is 0. The highest BCUT2D eigenvalue weighted by Gasteiger charge is 2.07. The number of nitrogens with zero attached hydrogens (tertiary/aromatic N) is 3. The van der Waals surface area contributed by atoms with Crippen molar-refractivity contribution in [2.24, 2.45) is 5.84 Å². The number of anilines is 2. The molecular weight excluding hydrogens is 256 g/mol. The van der Waals surface area contributed by atoms with Crippen LogP contribution in [-0.4, -0.2) is 15.0 Å². The van der Waals surface area contributed by atoms with Crippen molar-refractivity contribution in [2.75, 3.05) is 10.7 Å². The molecule has 18 heavy (non-hydrogen) atoms. The number of nitrogens with two attached hydrogens (primary N) is 1. The van der Waals surface area contributed by atoms with Crippen molar-refractivity contribution < 1.29 is 4.42 Å². The van der Waals surface area contributed by atoms with Gasteiger partial charge in [-0.15, -0.1) is 0 Å². The highest BCUT2D eigenvalue weighted by atomic mass is 35.5. The average Bonchev–Trinajstić information content (AvgIpc) is 2.86. The molecule has 2 heterocycles. The molecule has 0 saturated heterocycles. The van der Waals surface area contributed by atoms with Gasteiger partial charge >= 0.3 is 0 Å². The van der Waals surface area contributed by atoms with Crippen LogP contribution < -0.4 is 16.6 Å². The maximum atomic E-state index is 5.94. The molecule has 0 aliphatic carbocycles. The van der Waals surface area contributed by atoms with Crippen molar-refractivity contribution in [2.45, 2.75) is 19.9 Å². The van der Waals surface area contributed by atoms with E-state index < -0.39 is 0 Å². The molecule has 0 radical (unpaired) electrons. The molecule has 0 unspecified atom stereocenters. The van der Waals surface area contributed by atoms with E-state index in [1.165, 1.54) is 6.20 Å². The highest BCUT2D eigenvalue weighted by molar-refractivity contribution is 6.32. The molecule has 0 bridgehead atoms. The Bertz CT molecular complexity index is 529. The zero-order chi connectivity index (χ0) is 13.0. The van der Waals surface area contributed by atoms with Crippen molar-refractivity contribution in [3.8, 4) is 0 Å². The van der Waals surface area contributed by atoms with Gasteiger partial charge in [0.1, 0.15) is 10.8 Å². The van der Waals surface area contributed by atoms with Gasteiger partial charge in [0.2, 0.25) is 11.8 Å². The van der Waals surface area contributed by atoms with E-state index in [1.807, 2.05) is 6.92 Å². The fourth-order valence-electron chi connectivity index (χ4n) is 1.31. The first-order valence-electron chi connectivity index (χ1n) is 5.39. The van der Waals surface area contributed by atoms with Crippen LogP contribution in [0.3, 0.4) is 0 Å². The van der Waals surface area contributed by atoms with Crippen molar-refractivity contribution in [3.63, 3.8) is 0 Å². The maximum absolute atomic E-state index is 5.94. The van der Waals surface area contributed by atoms with Gasteiger partial charge in [0, 0.05) is 6.42 Å². The summed E-state index contributed by atoms with van der Waals surface area (Å²) in [5.41, 5.74) is 2.35. The number of rotatable bonds is 5. The molecule has 96 valence electrons. The predicted octanol–water partition coefficient (Wildman–Crippen LogP) is 1.58. The average molecular weight is 269 g/mol. The Kier molecular flexibility index (Phi) is 3.96. The summed E-state index contributed by atoms with van der Waals surface area (Å²) >= 11 is 5.94. The molecule has 0 spiro atoms. The molecule has 2 rings (SSSR count). The number of oxazole rings is 1. The number of hydrogen-bond acceptors (Lipinski definition) is 7. The van der Waals surface area contributed by atoms with E-state index in [4.69, 9.17) is 21.9 Å². The zero-order valence-corrected chi connectivity index (χ0v) is 10.5. The Hall–Kier alpha value is -1.86. The van der Waals surface area contributed by atoms with Crippen LogP contribution in [0.4, 0.5) is 11.8 Å². The molecular formula is C10H13ClN6O. The monoisotopic (exact) mass is 268 g/mol. The SMILES string of the molecule is CCc1cnc(CNc2nc(NN)ncc2Cl)o1. The molecule has 0 aromatic carbocycles. The summed E-state index contributed by atoms with van der Waals surface area (Å²) in [5.74, 6) is 7.38. The summed E-state index contributed by atoms with van der Waals surface area (Å²) in [6.07, 6.45) is 3.97. The summed E-state index contributed by atoms with van der Waals surface area (Å²) < 4.78 is 5.45. The molecule has 0 saturated carbocycles. The molecule has 2 aromatic rings. The summed E-state index contributed by atoms with van der Waals surface area (Å²) in [6.45, 7) is 2.39. The number of aryl methyl sites for hydroxylation is 1. The molecule has 7 nitrogen and oxygen atoms in total. The number of halogens is 1. The summed E-state index contributed by atoms with van der Waals surface area (Å²) in [4.78, 5) is 12.1. The minimum Gasteiger partial charge on any atom is -0.444 e. The van der Waals surface area contributed by atoms with Crippen LogP contribution in [0.5, 0.6) is 0 Å². The molecule has 4 N–H and O–H groups in total. The normalized spacial score (nSPS) is 10.4. The predicted molar refractivity (Wildman–Crippen MR) is 68.1 cm³/mol. The molecule has 0 aliphatic heterocycles. The third-order valence-electron chi connectivity index (χ3n) is 2.23. The number of hydrogen-bond donors (Lipinski definition) is 3. The Labute approximate surface area is 109 Å². The van der Waals surface area contributed by atoms with Gasteiger partial charge in [-0.05, 0) is 0 Å². The second-order valence-electron chi connectivity index (χ2n) is 3.46. The molecule has 0 aliphatic rings. The first-order valence-corrected chi connectivity index (χ1v) is 5.77. The lowest BCUT2D eigenvalue weighted by Crippen LogP contribution is -2.12. The van der Waals surface area contributed by atoms with Gasteiger partial charge in [0.05, 0.1) is 18.9 Å². The molecule has 0 fully saturated rings. The van der Waals surface area contributed by atoms with Crippen molar-refractivity contribution >= 4 is 23.4 Å². The van der Waals surface area contributed by atoms with Gasteiger partial charge < -0.3 is 9.73 Å². The molecule has 0 amide bonds. The van der Waals surface area contributed by atoms with Gasteiger partial charge in [0.25, 0.3) is 0 Å². The molecule has 0 atom stereocenters. The van der Waals surface area contributed by atoms with Crippen molar-refractivity contribution in [1.29, 1.82) is 0 Å².